The summed E-state index contributed by atoms with van der Waals surface area (Å²) >= 11 is 0. The van der Waals surface area contributed by atoms with Crippen molar-refractivity contribution < 1.29 is 38.1 Å². The molecule has 29 heavy (non-hydrogen) atoms. The summed E-state index contributed by atoms with van der Waals surface area (Å²) in [5, 5.41) is 1.22. The summed E-state index contributed by atoms with van der Waals surface area (Å²) in [6.07, 6.45) is 1.55. The zero-order valence-corrected chi connectivity index (χ0v) is 16.5. The first-order valence-electron chi connectivity index (χ1n) is 8.41. The third-order valence-corrected chi connectivity index (χ3v) is 4.58. The van der Waals surface area contributed by atoms with Gasteiger partial charge in [0.25, 0.3) is 0 Å². The molecule has 3 rings (SSSR count). The van der Waals surface area contributed by atoms with Gasteiger partial charge in [-0.1, -0.05) is 0 Å². The number of nitrogens with zero attached hydrogens (tertiary/aromatic N) is 1. The first kappa shape index (κ1) is 20.0. The van der Waals surface area contributed by atoms with Crippen molar-refractivity contribution in [3.05, 3.63) is 41.2 Å². The Morgan fingerprint density at radius 3 is 1.86 bits per heavy atom. The highest BCUT2D eigenvalue weighted by Gasteiger charge is 2.34. The van der Waals surface area contributed by atoms with Gasteiger partial charge in [0, 0.05) is 11.6 Å². The molecule has 0 amide bonds. The molecule has 0 fully saturated rings. The molecule has 3 aromatic rings. The van der Waals surface area contributed by atoms with Crippen LogP contribution in [0.15, 0.2) is 24.4 Å². The fourth-order valence-electron chi connectivity index (χ4n) is 3.29. The second kappa shape index (κ2) is 7.70. The first-order chi connectivity index (χ1) is 13.9. The molecule has 152 valence electrons. The van der Waals surface area contributed by atoms with Crippen molar-refractivity contribution in [2.24, 2.45) is 0 Å². The quantitative estimate of drug-likeness (QED) is 0.475. The van der Waals surface area contributed by atoms with Gasteiger partial charge in [-0.3, -0.25) is 0 Å². The molecule has 0 spiro atoms. The third-order valence-electron chi connectivity index (χ3n) is 4.58. The number of esters is 3. The van der Waals surface area contributed by atoms with Crippen LogP contribution in [0.1, 0.15) is 31.2 Å². The Balaban J connectivity index is 2.60. The average molecular weight is 401 g/mol. The number of carbonyl (C=O) groups excluding carboxylic acids is 3. The van der Waals surface area contributed by atoms with Gasteiger partial charge in [-0.2, -0.15) is 0 Å². The predicted octanol–water partition coefficient (Wildman–Crippen LogP) is 2.47. The lowest BCUT2D eigenvalue weighted by Crippen LogP contribution is -2.15. The molecule has 0 N–H and O–H groups in total. The fraction of sp³-hybridized carbons (Fsp3) is 0.250. The summed E-state index contributed by atoms with van der Waals surface area (Å²) in [7, 11) is 6.49. The van der Waals surface area contributed by atoms with Crippen molar-refractivity contribution >= 4 is 34.2 Å². The smallest absolute Gasteiger partial charge is 0.355 e. The number of hydrogen-bond acceptors (Lipinski definition) is 8. The molecule has 0 radical (unpaired) electrons. The van der Waals surface area contributed by atoms with Gasteiger partial charge in [0.1, 0.15) is 16.8 Å². The van der Waals surface area contributed by atoms with E-state index in [9.17, 15) is 14.4 Å². The van der Waals surface area contributed by atoms with Gasteiger partial charge >= 0.3 is 17.9 Å². The number of fused-ring (bicyclic) bond motifs is 3. The van der Waals surface area contributed by atoms with Crippen LogP contribution in [-0.4, -0.2) is 57.9 Å². The zero-order valence-electron chi connectivity index (χ0n) is 16.5. The van der Waals surface area contributed by atoms with Crippen molar-refractivity contribution in [3.63, 3.8) is 0 Å². The Morgan fingerprint density at radius 1 is 0.759 bits per heavy atom. The lowest BCUT2D eigenvalue weighted by Gasteiger charge is -2.11. The number of benzene rings is 1. The summed E-state index contributed by atoms with van der Waals surface area (Å²) in [5.74, 6) is -1.60. The van der Waals surface area contributed by atoms with Crippen LogP contribution in [0.5, 0.6) is 11.5 Å². The maximum atomic E-state index is 12.7. The van der Waals surface area contributed by atoms with Gasteiger partial charge in [-0.05, 0) is 23.6 Å². The highest BCUT2D eigenvalue weighted by Crippen LogP contribution is 2.37. The number of pyridine rings is 1. The number of methoxy groups -OCH3 is 5. The third kappa shape index (κ3) is 3.00. The molecule has 0 aliphatic carbocycles. The van der Waals surface area contributed by atoms with E-state index in [0.717, 1.165) is 7.11 Å². The fourth-order valence-corrected chi connectivity index (χ4v) is 3.29. The maximum Gasteiger partial charge on any atom is 0.355 e. The van der Waals surface area contributed by atoms with Crippen molar-refractivity contribution in [3.8, 4) is 11.5 Å². The van der Waals surface area contributed by atoms with Crippen LogP contribution in [0.4, 0.5) is 0 Å². The van der Waals surface area contributed by atoms with Gasteiger partial charge in [0.2, 0.25) is 0 Å². The largest absolute Gasteiger partial charge is 0.493 e. The Bertz CT molecular complexity index is 1140. The zero-order chi connectivity index (χ0) is 21.3. The number of hydrogen-bond donors (Lipinski definition) is 0. The van der Waals surface area contributed by atoms with Gasteiger partial charge in [-0.25, -0.2) is 14.4 Å². The normalized spacial score (nSPS) is 10.7. The van der Waals surface area contributed by atoms with Crippen LogP contribution < -0.4 is 9.47 Å². The van der Waals surface area contributed by atoms with Crippen molar-refractivity contribution in [1.82, 2.24) is 4.40 Å². The Morgan fingerprint density at radius 2 is 1.31 bits per heavy atom. The van der Waals surface area contributed by atoms with Gasteiger partial charge in [-0.15, -0.1) is 0 Å². The van der Waals surface area contributed by atoms with Crippen LogP contribution in [0.3, 0.4) is 0 Å². The summed E-state index contributed by atoms with van der Waals surface area (Å²) in [4.78, 5) is 37.7. The molecule has 0 bridgehead atoms. The SMILES string of the molecule is COC(=O)c1c(C(=O)OC)c2c3cc(OC)c(OC)cc3ccn2c1C(=O)OC. The average Bonchev–Trinajstić information content (AvgIpc) is 3.11. The molecule has 2 heterocycles. The van der Waals surface area contributed by atoms with Crippen LogP contribution in [-0.2, 0) is 14.2 Å². The summed E-state index contributed by atoms with van der Waals surface area (Å²) in [6.45, 7) is 0. The van der Waals surface area contributed by atoms with E-state index in [1.807, 2.05) is 0 Å². The molecular formula is C20H19NO8. The lowest BCUT2D eigenvalue weighted by molar-refractivity contribution is 0.0536. The number of ether oxygens (including phenoxy) is 5. The predicted molar refractivity (Wildman–Crippen MR) is 102 cm³/mol. The number of rotatable bonds is 5. The molecule has 0 unspecified atom stereocenters. The Kier molecular flexibility index (Phi) is 5.31. The monoisotopic (exact) mass is 401 g/mol. The summed E-state index contributed by atoms with van der Waals surface area (Å²) in [6, 6.07) is 5.08. The molecule has 9 heteroatoms. The van der Waals surface area contributed by atoms with E-state index in [2.05, 4.69) is 0 Å². The highest BCUT2D eigenvalue weighted by molar-refractivity contribution is 6.19. The van der Waals surface area contributed by atoms with Crippen molar-refractivity contribution in [2.45, 2.75) is 0 Å². The molecular weight excluding hydrogens is 382 g/mol. The molecule has 0 aliphatic rings. The minimum Gasteiger partial charge on any atom is -0.493 e. The lowest BCUT2D eigenvalue weighted by atomic mass is 10.0. The molecule has 0 atom stereocenters. The number of aromatic nitrogens is 1. The second-order valence-electron chi connectivity index (χ2n) is 5.90. The minimum absolute atomic E-state index is 0.113. The van der Waals surface area contributed by atoms with Crippen LogP contribution in [0.25, 0.3) is 16.3 Å². The van der Waals surface area contributed by atoms with E-state index < -0.39 is 17.9 Å². The van der Waals surface area contributed by atoms with Crippen LogP contribution >= 0.6 is 0 Å². The van der Waals surface area contributed by atoms with Crippen molar-refractivity contribution in [1.29, 1.82) is 0 Å². The van der Waals surface area contributed by atoms with Crippen LogP contribution in [0.2, 0.25) is 0 Å². The molecule has 1 aromatic carbocycles. The van der Waals surface area contributed by atoms with Gasteiger partial charge < -0.3 is 28.1 Å². The Labute approximate surface area is 165 Å². The highest BCUT2D eigenvalue weighted by atomic mass is 16.5. The van der Waals surface area contributed by atoms with Gasteiger partial charge in [0.05, 0.1) is 41.1 Å². The standard InChI is InChI=1S/C20H19NO8/c1-25-12-8-10-6-7-21-16(11(10)9-13(12)26-2)14(18(22)27-3)15(19(23)28-4)17(21)20(24)29-5/h6-9H,1-5H3. The summed E-state index contributed by atoms with van der Waals surface area (Å²) in [5.41, 5.74) is -0.228. The summed E-state index contributed by atoms with van der Waals surface area (Å²) < 4.78 is 26.6. The molecule has 0 saturated carbocycles. The van der Waals surface area contributed by atoms with E-state index >= 15 is 0 Å². The minimum atomic E-state index is -0.872. The number of carbonyl (C=O) groups is 3. The molecule has 2 aromatic heterocycles. The maximum absolute atomic E-state index is 12.7. The van der Waals surface area contributed by atoms with E-state index in [4.69, 9.17) is 23.7 Å². The van der Waals surface area contributed by atoms with E-state index in [1.165, 1.54) is 32.8 Å². The Hall–Kier alpha value is -3.75. The van der Waals surface area contributed by atoms with Crippen LogP contribution in [0, 0.1) is 0 Å². The second-order valence-corrected chi connectivity index (χ2v) is 5.90. The molecule has 0 saturated heterocycles. The van der Waals surface area contributed by atoms with E-state index in [-0.39, 0.29) is 22.3 Å². The van der Waals surface area contributed by atoms with Crippen molar-refractivity contribution in [2.75, 3.05) is 35.5 Å². The molecule has 0 aliphatic heterocycles. The topological polar surface area (TPSA) is 102 Å². The first-order valence-corrected chi connectivity index (χ1v) is 8.41. The van der Waals surface area contributed by atoms with Gasteiger partial charge in [0.15, 0.2) is 11.5 Å². The molecule has 9 nitrogen and oxygen atoms in total. The van der Waals surface area contributed by atoms with E-state index in [0.29, 0.717) is 22.3 Å². The van der Waals surface area contributed by atoms with E-state index in [1.54, 1.807) is 24.4 Å².